The Hall–Kier alpha value is -4.04. The molecule has 2 amide bonds. The van der Waals surface area contributed by atoms with Gasteiger partial charge in [-0.05, 0) is 48.9 Å². The molecule has 2 heterocycles. The fraction of sp³-hybridized carbons (Fsp3) is 0.231. The highest BCUT2D eigenvalue weighted by atomic mass is 16.7. The van der Waals surface area contributed by atoms with Gasteiger partial charge in [0.05, 0.1) is 31.6 Å². The monoisotopic (exact) mass is 460 g/mol. The molecule has 34 heavy (non-hydrogen) atoms. The zero-order valence-corrected chi connectivity index (χ0v) is 19.0. The first-order valence-corrected chi connectivity index (χ1v) is 10.8. The van der Waals surface area contributed by atoms with Crippen molar-refractivity contribution in [2.75, 3.05) is 24.2 Å². The van der Waals surface area contributed by atoms with Gasteiger partial charge in [0.15, 0.2) is 17.6 Å². The Morgan fingerprint density at radius 1 is 0.853 bits per heavy atom. The number of para-hydroxylation sites is 1. The minimum Gasteiger partial charge on any atom is -0.502 e. The van der Waals surface area contributed by atoms with Gasteiger partial charge in [-0.2, -0.15) is 0 Å². The van der Waals surface area contributed by atoms with Crippen molar-refractivity contribution in [2.24, 2.45) is 5.92 Å². The predicted molar refractivity (Wildman–Crippen MR) is 125 cm³/mol. The van der Waals surface area contributed by atoms with Crippen LogP contribution in [-0.4, -0.2) is 37.2 Å². The molecule has 2 saturated heterocycles. The van der Waals surface area contributed by atoms with Crippen molar-refractivity contribution in [3.05, 3.63) is 77.9 Å². The number of imide groups is 1. The van der Waals surface area contributed by atoms with Crippen LogP contribution in [0.15, 0.2) is 66.7 Å². The number of phenols is 1. The number of rotatable bonds is 5. The minimum atomic E-state index is -0.996. The van der Waals surface area contributed by atoms with Crippen LogP contribution in [0.2, 0.25) is 0 Å². The molecular formula is C26H24N2O6. The van der Waals surface area contributed by atoms with E-state index in [4.69, 9.17) is 14.3 Å². The average Bonchev–Trinajstić information content (AvgIpc) is 3.36. The highest BCUT2D eigenvalue weighted by Crippen LogP contribution is 2.50. The number of hydroxylamine groups is 1. The lowest BCUT2D eigenvalue weighted by molar-refractivity contribution is -0.126. The maximum atomic E-state index is 13.7. The molecule has 3 atom stereocenters. The molecule has 0 aromatic heterocycles. The first-order chi connectivity index (χ1) is 16.4. The second-order valence-electron chi connectivity index (χ2n) is 8.28. The van der Waals surface area contributed by atoms with E-state index >= 15 is 0 Å². The summed E-state index contributed by atoms with van der Waals surface area (Å²) in [6.07, 6.45) is -0.996. The number of anilines is 2. The molecule has 1 N–H and O–H groups in total. The van der Waals surface area contributed by atoms with Crippen molar-refractivity contribution in [3.63, 3.8) is 0 Å². The summed E-state index contributed by atoms with van der Waals surface area (Å²) >= 11 is 0. The average molecular weight is 460 g/mol. The number of carbonyl (C=O) groups excluding carboxylic acids is 2. The molecule has 0 aliphatic carbocycles. The SMILES string of the molecule is COc1cc([C@@H]2[C@H]3C(=O)N(c4ccc(C)cc4)C(=O)[C@@H]3ON2c2ccccc2)cc(OC)c1O. The molecule has 174 valence electrons. The Morgan fingerprint density at radius 2 is 1.47 bits per heavy atom. The Morgan fingerprint density at radius 3 is 2.06 bits per heavy atom. The molecule has 2 aliphatic heterocycles. The lowest BCUT2D eigenvalue weighted by Gasteiger charge is -2.29. The topological polar surface area (TPSA) is 88.5 Å². The summed E-state index contributed by atoms with van der Waals surface area (Å²) in [6.45, 7) is 1.94. The first-order valence-electron chi connectivity index (χ1n) is 10.8. The summed E-state index contributed by atoms with van der Waals surface area (Å²) in [5.74, 6) is -1.34. The van der Waals surface area contributed by atoms with E-state index in [1.807, 2.05) is 49.4 Å². The van der Waals surface area contributed by atoms with Crippen LogP contribution in [-0.2, 0) is 14.4 Å². The van der Waals surface area contributed by atoms with Gasteiger partial charge in [-0.15, -0.1) is 0 Å². The minimum absolute atomic E-state index is 0.148. The normalized spacial score (nSPS) is 21.7. The number of amides is 2. The number of aromatic hydroxyl groups is 1. The van der Waals surface area contributed by atoms with Crippen LogP contribution in [0, 0.1) is 12.8 Å². The van der Waals surface area contributed by atoms with Gasteiger partial charge in [-0.25, -0.2) is 9.96 Å². The van der Waals surface area contributed by atoms with Crippen LogP contribution in [0.3, 0.4) is 0 Å². The number of carbonyl (C=O) groups is 2. The summed E-state index contributed by atoms with van der Waals surface area (Å²) in [5, 5.41) is 12.0. The van der Waals surface area contributed by atoms with E-state index in [0.717, 1.165) is 5.56 Å². The zero-order chi connectivity index (χ0) is 24.0. The van der Waals surface area contributed by atoms with Gasteiger partial charge in [0.1, 0.15) is 5.92 Å². The number of aryl methyl sites for hydroxylation is 1. The van der Waals surface area contributed by atoms with Gasteiger partial charge in [-0.1, -0.05) is 35.9 Å². The van der Waals surface area contributed by atoms with Gasteiger partial charge in [0, 0.05) is 0 Å². The molecule has 3 aromatic carbocycles. The fourth-order valence-corrected chi connectivity index (χ4v) is 4.59. The van der Waals surface area contributed by atoms with Crippen LogP contribution >= 0.6 is 0 Å². The van der Waals surface area contributed by atoms with Crippen LogP contribution in [0.5, 0.6) is 17.2 Å². The van der Waals surface area contributed by atoms with E-state index < -0.39 is 24.0 Å². The number of hydrogen-bond donors (Lipinski definition) is 1. The van der Waals surface area contributed by atoms with E-state index in [9.17, 15) is 14.7 Å². The zero-order valence-electron chi connectivity index (χ0n) is 19.0. The quantitative estimate of drug-likeness (QED) is 0.580. The number of benzene rings is 3. The fourth-order valence-electron chi connectivity index (χ4n) is 4.59. The lowest BCUT2D eigenvalue weighted by Crippen LogP contribution is -2.37. The first kappa shape index (κ1) is 21.8. The third kappa shape index (κ3) is 3.34. The highest BCUT2D eigenvalue weighted by Gasteiger charge is 2.60. The van der Waals surface area contributed by atoms with Crippen LogP contribution in [0.25, 0.3) is 0 Å². The number of phenolic OH excluding ortho intramolecular Hbond substituents is 1. The van der Waals surface area contributed by atoms with Gasteiger partial charge in [0.2, 0.25) is 11.7 Å². The van der Waals surface area contributed by atoms with E-state index in [2.05, 4.69) is 0 Å². The van der Waals surface area contributed by atoms with Gasteiger partial charge in [-0.3, -0.25) is 14.4 Å². The Labute approximate surface area is 196 Å². The second-order valence-corrected chi connectivity index (χ2v) is 8.28. The van der Waals surface area contributed by atoms with Crippen molar-refractivity contribution in [2.45, 2.75) is 19.1 Å². The molecular weight excluding hydrogens is 436 g/mol. The maximum absolute atomic E-state index is 13.7. The Balaban J connectivity index is 1.63. The lowest BCUT2D eigenvalue weighted by atomic mass is 9.90. The molecule has 3 aromatic rings. The summed E-state index contributed by atoms with van der Waals surface area (Å²) in [4.78, 5) is 34.5. The van der Waals surface area contributed by atoms with Crippen molar-refractivity contribution >= 4 is 23.2 Å². The smallest absolute Gasteiger partial charge is 0.266 e. The maximum Gasteiger partial charge on any atom is 0.266 e. The number of hydrogen-bond acceptors (Lipinski definition) is 7. The molecule has 0 saturated carbocycles. The number of nitrogens with zero attached hydrogens (tertiary/aromatic N) is 2. The van der Waals surface area contributed by atoms with Crippen molar-refractivity contribution in [1.82, 2.24) is 0 Å². The third-order valence-electron chi connectivity index (χ3n) is 6.26. The predicted octanol–water partition coefficient (Wildman–Crippen LogP) is 3.77. The molecule has 0 unspecified atom stereocenters. The number of methoxy groups -OCH3 is 2. The van der Waals surface area contributed by atoms with E-state index in [1.54, 1.807) is 29.3 Å². The standard InChI is InChI=1S/C26H24N2O6/c1-15-9-11-17(12-10-15)27-25(30)21-22(16-13-19(32-2)23(29)20(14-16)33-3)28(34-24(21)26(27)31)18-7-5-4-6-8-18/h4-14,21-22,24,29H,1-3H3/t21-,22-,24-/m1/s1. The Kier molecular flexibility index (Phi) is 5.37. The van der Waals surface area contributed by atoms with E-state index in [-0.39, 0.29) is 23.2 Å². The molecule has 2 fully saturated rings. The molecule has 2 aliphatic rings. The molecule has 0 spiro atoms. The third-order valence-corrected chi connectivity index (χ3v) is 6.26. The van der Waals surface area contributed by atoms with Gasteiger partial charge < -0.3 is 14.6 Å². The number of fused-ring (bicyclic) bond motifs is 1. The summed E-state index contributed by atoms with van der Waals surface area (Å²) < 4.78 is 10.7. The summed E-state index contributed by atoms with van der Waals surface area (Å²) in [5.41, 5.74) is 2.82. The van der Waals surface area contributed by atoms with Gasteiger partial charge >= 0.3 is 0 Å². The summed E-state index contributed by atoms with van der Waals surface area (Å²) in [6, 6.07) is 19.1. The van der Waals surface area contributed by atoms with Crippen molar-refractivity contribution in [1.29, 1.82) is 0 Å². The van der Waals surface area contributed by atoms with E-state index in [0.29, 0.717) is 16.9 Å². The van der Waals surface area contributed by atoms with Crippen LogP contribution in [0.4, 0.5) is 11.4 Å². The number of ether oxygens (including phenoxy) is 2. The van der Waals surface area contributed by atoms with Gasteiger partial charge in [0.25, 0.3) is 5.91 Å². The Bertz CT molecular complexity index is 1220. The molecule has 8 nitrogen and oxygen atoms in total. The van der Waals surface area contributed by atoms with E-state index in [1.165, 1.54) is 19.1 Å². The second kappa shape index (κ2) is 8.39. The largest absolute Gasteiger partial charge is 0.502 e. The van der Waals surface area contributed by atoms with Crippen molar-refractivity contribution in [3.8, 4) is 17.2 Å². The molecule has 0 radical (unpaired) electrons. The summed E-state index contributed by atoms with van der Waals surface area (Å²) in [7, 11) is 2.87. The molecule has 0 bridgehead atoms. The highest BCUT2D eigenvalue weighted by molar-refractivity contribution is 6.23. The van der Waals surface area contributed by atoms with Crippen LogP contribution < -0.4 is 19.4 Å². The molecule has 5 rings (SSSR count). The van der Waals surface area contributed by atoms with Crippen molar-refractivity contribution < 1.29 is 29.0 Å². The van der Waals surface area contributed by atoms with Crippen LogP contribution in [0.1, 0.15) is 17.2 Å². The molecule has 8 heteroatoms.